The molecule has 0 saturated carbocycles. The van der Waals surface area contributed by atoms with Crippen LogP contribution >= 0.6 is 0 Å². The molecule has 1 aliphatic heterocycles. The number of quaternary nitrogens is 1. The number of aliphatic hydroxyl groups excluding tert-OH is 1. The highest BCUT2D eigenvalue weighted by atomic mass is 16.3. The number of hydrogen-bond donors (Lipinski definition) is 1. The second-order valence-electron chi connectivity index (χ2n) is 5.53. The van der Waals surface area contributed by atoms with Gasteiger partial charge in [-0.2, -0.15) is 0 Å². The fourth-order valence-corrected chi connectivity index (χ4v) is 2.84. The van der Waals surface area contributed by atoms with Crippen molar-refractivity contribution >= 4 is 6.21 Å². The minimum atomic E-state index is 0.258. The summed E-state index contributed by atoms with van der Waals surface area (Å²) >= 11 is 0. The Hall–Kier alpha value is -0.670. The number of unbranched alkanes of at least 4 members (excludes halogenated alkanes) is 4. The number of nitrogens with zero attached hydrogens (tertiary/aromatic N) is 2. The number of aliphatic imine (C=N–C) groups is 1. The monoisotopic (exact) mass is 267 g/mol. The van der Waals surface area contributed by atoms with Crippen molar-refractivity contribution < 1.29 is 9.59 Å². The van der Waals surface area contributed by atoms with Crippen LogP contribution in [0.5, 0.6) is 0 Å². The third-order valence-electron chi connectivity index (χ3n) is 4.27. The number of rotatable bonds is 10. The van der Waals surface area contributed by atoms with Gasteiger partial charge in [0.2, 0.25) is 0 Å². The van der Waals surface area contributed by atoms with Gasteiger partial charge in [0.25, 0.3) is 0 Å². The van der Waals surface area contributed by atoms with Crippen molar-refractivity contribution in [3.63, 3.8) is 0 Å². The Morgan fingerprint density at radius 3 is 2.79 bits per heavy atom. The quantitative estimate of drug-likeness (QED) is 0.368. The van der Waals surface area contributed by atoms with E-state index in [0.29, 0.717) is 6.17 Å². The van der Waals surface area contributed by atoms with Crippen LogP contribution < -0.4 is 0 Å². The summed E-state index contributed by atoms with van der Waals surface area (Å²) in [5.41, 5.74) is 0. The molecule has 1 heterocycles. The summed E-state index contributed by atoms with van der Waals surface area (Å²) in [6.45, 7) is 7.56. The van der Waals surface area contributed by atoms with E-state index in [2.05, 4.69) is 31.0 Å². The molecule has 0 fully saturated rings. The predicted molar refractivity (Wildman–Crippen MR) is 82.4 cm³/mol. The highest BCUT2D eigenvalue weighted by molar-refractivity contribution is 5.60. The minimum absolute atomic E-state index is 0.258. The molecular formula is C16H31N2O+. The summed E-state index contributed by atoms with van der Waals surface area (Å²) in [6, 6.07) is 0. The Kier molecular flexibility index (Phi) is 7.99. The van der Waals surface area contributed by atoms with Gasteiger partial charge in [-0.15, -0.1) is 0 Å². The first-order valence-corrected chi connectivity index (χ1v) is 7.92. The molecule has 0 spiro atoms. The first-order valence-electron chi connectivity index (χ1n) is 7.92. The third kappa shape index (κ3) is 5.07. The van der Waals surface area contributed by atoms with E-state index in [1.165, 1.54) is 32.1 Å². The molecule has 3 heteroatoms. The molecule has 110 valence electrons. The van der Waals surface area contributed by atoms with Crippen molar-refractivity contribution in [2.24, 2.45) is 4.99 Å². The second kappa shape index (κ2) is 9.27. The SMILES string of the molecule is CCCCCC/C=C/CC1N=CC[N+]1(CC)CCO. The van der Waals surface area contributed by atoms with Gasteiger partial charge in [0.05, 0.1) is 19.4 Å². The molecule has 1 aliphatic rings. The maximum absolute atomic E-state index is 9.24. The van der Waals surface area contributed by atoms with Crippen LogP contribution in [0.25, 0.3) is 0 Å². The molecule has 2 unspecified atom stereocenters. The summed E-state index contributed by atoms with van der Waals surface area (Å²) in [6.07, 6.45) is 14.5. The van der Waals surface area contributed by atoms with Gasteiger partial charge in [-0.3, -0.25) is 4.48 Å². The minimum Gasteiger partial charge on any atom is -0.391 e. The molecule has 0 bridgehead atoms. The molecule has 0 radical (unpaired) electrons. The molecule has 19 heavy (non-hydrogen) atoms. The van der Waals surface area contributed by atoms with Crippen LogP contribution in [0.1, 0.15) is 52.4 Å². The van der Waals surface area contributed by atoms with Crippen molar-refractivity contribution in [3.05, 3.63) is 12.2 Å². The van der Waals surface area contributed by atoms with Crippen molar-refractivity contribution in [1.82, 2.24) is 0 Å². The lowest BCUT2D eigenvalue weighted by Gasteiger charge is -2.37. The van der Waals surface area contributed by atoms with Crippen molar-refractivity contribution in [2.45, 2.75) is 58.5 Å². The molecule has 3 nitrogen and oxygen atoms in total. The van der Waals surface area contributed by atoms with E-state index in [-0.39, 0.29) is 6.61 Å². The standard InChI is InChI=1S/C16H31N2O/c1-3-5-6-7-8-9-10-11-16-17-12-13-18(16,4-2)14-15-19/h9-10,12,16,19H,3-8,11,13-15H2,1-2H3/q+1/b10-9+. The van der Waals surface area contributed by atoms with Gasteiger partial charge >= 0.3 is 0 Å². The molecule has 0 aromatic rings. The van der Waals surface area contributed by atoms with E-state index in [1.54, 1.807) is 0 Å². The van der Waals surface area contributed by atoms with Gasteiger partial charge in [0, 0.05) is 6.42 Å². The summed E-state index contributed by atoms with van der Waals surface area (Å²) in [5.74, 6) is 0. The fourth-order valence-electron chi connectivity index (χ4n) is 2.84. The molecule has 0 aromatic carbocycles. The van der Waals surface area contributed by atoms with E-state index in [0.717, 1.165) is 30.5 Å². The maximum atomic E-state index is 9.24. The summed E-state index contributed by atoms with van der Waals surface area (Å²) in [7, 11) is 0. The molecule has 0 aliphatic carbocycles. The lowest BCUT2D eigenvalue weighted by molar-refractivity contribution is -0.935. The summed E-state index contributed by atoms with van der Waals surface area (Å²) in [5, 5.41) is 9.24. The molecule has 1 rings (SSSR count). The summed E-state index contributed by atoms with van der Waals surface area (Å²) < 4.78 is 0.927. The normalized spacial score (nSPS) is 26.6. The Morgan fingerprint density at radius 2 is 2.11 bits per heavy atom. The lowest BCUT2D eigenvalue weighted by Crippen LogP contribution is -2.53. The molecule has 2 atom stereocenters. The molecule has 0 saturated heterocycles. The average Bonchev–Trinajstić information content (AvgIpc) is 2.82. The van der Waals surface area contributed by atoms with Crippen LogP contribution in [0.2, 0.25) is 0 Å². The molecule has 1 N–H and O–H groups in total. The third-order valence-corrected chi connectivity index (χ3v) is 4.27. The molecule has 0 aromatic heterocycles. The molecular weight excluding hydrogens is 236 g/mol. The number of allylic oxidation sites excluding steroid dienone is 1. The Labute approximate surface area is 118 Å². The van der Waals surface area contributed by atoms with Crippen molar-refractivity contribution in [1.29, 1.82) is 0 Å². The zero-order valence-corrected chi connectivity index (χ0v) is 12.7. The smallest absolute Gasteiger partial charge is 0.186 e. The van der Waals surface area contributed by atoms with Gasteiger partial charge in [0.15, 0.2) is 6.17 Å². The van der Waals surface area contributed by atoms with E-state index in [1.807, 2.05) is 6.21 Å². The van der Waals surface area contributed by atoms with Crippen LogP contribution in [-0.2, 0) is 0 Å². The van der Waals surface area contributed by atoms with Crippen LogP contribution in [-0.4, -0.2) is 48.2 Å². The first-order chi connectivity index (χ1) is 9.29. The number of aliphatic hydroxyl groups is 1. The second-order valence-corrected chi connectivity index (χ2v) is 5.53. The van der Waals surface area contributed by atoms with Gasteiger partial charge in [-0.05, 0) is 19.8 Å². The van der Waals surface area contributed by atoms with Crippen LogP contribution in [0.15, 0.2) is 17.1 Å². The van der Waals surface area contributed by atoms with Gasteiger partial charge < -0.3 is 5.11 Å². The first kappa shape index (κ1) is 16.4. The van der Waals surface area contributed by atoms with Crippen molar-refractivity contribution in [3.8, 4) is 0 Å². The van der Waals surface area contributed by atoms with E-state index < -0.39 is 0 Å². The van der Waals surface area contributed by atoms with E-state index >= 15 is 0 Å². The van der Waals surface area contributed by atoms with Gasteiger partial charge in [-0.1, -0.05) is 38.3 Å². The number of hydrogen-bond acceptors (Lipinski definition) is 2. The van der Waals surface area contributed by atoms with Gasteiger partial charge in [-0.25, -0.2) is 4.99 Å². The van der Waals surface area contributed by atoms with E-state index in [9.17, 15) is 5.11 Å². The Morgan fingerprint density at radius 1 is 1.26 bits per heavy atom. The topological polar surface area (TPSA) is 32.6 Å². The maximum Gasteiger partial charge on any atom is 0.186 e. The zero-order chi connectivity index (χ0) is 14.0. The van der Waals surface area contributed by atoms with Gasteiger partial charge in [0.1, 0.15) is 13.1 Å². The summed E-state index contributed by atoms with van der Waals surface area (Å²) in [4.78, 5) is 4.61. The van der Waals surface area contributed by atoms with Crippen LogP contribution in [0, 0.1) is 0 Å². The van der Waals surface area contributed by atoms with Crippen LogP contribution in [0.4, 0.5) is 0 Å². The Bertz CT molecular complexity index is 288. The zero-order valence-electron chi connectivity index (χ0n) is 12.7. The van der Waals surface area contributed by atoms with Crippen LogP contribution in [0.3, 0.4) is 0 Å². The predicted octanol–water partition coefficient (Wildman–Crippen LogP) is 3.14. The highest BCUT2D eigenvalue weighted by Crippen LogP contribution is 2.22. The fraction of sp³-hybridized carbons (Fsp3) is 0.812. The highest BCUT2D eigenvalue weighted by Gasteiger charge is 2.36. The number of likely N-dealkylation sites (N-methyl/N-ethyl adjacent to an activating group) is 1. The lowest BCUT2D eigenvalue weighted by atomic mass is 10.1. The molecule has 0 amide bonds. The Balaban J connectivity index is 2.30. The van der Waals surface area contributed by atoms with Crippen molar-refractivity contribution in [2.75, 3.05) is 26.2 Å². The average molecular weight is 267 g/mol. The largest absolute Gasteiger partial charge is 0.391 e. The van der Waals surface area contributed by atoms with E-state index in [4.69, 9.17) is 0 Å².